The molecule has 0 fully saturated rings. The van der Waals surface area contributed by atoms with E-state index in [2.05, 4.69) is 158 Å². The summed E-state index contributed by atoms with van der Waals surface area (Å²) in [4.78, 5) is 2.66. The summed E-state index contributed by atoms with van der Waals surface area (Å²) < 4.78 is 0. The highest BCUT2D eigenvalue weighted by Gasteiger charge is 2.46. The predicted octanol–water partition coefficient (Wildman–Crippen LogP) is 11.0. The molecule has 7 aromatic carbocycles. The van der Waals surface area contributed by atoms with E-state index in [0.717, 1.165) is 0 Å². The Labute approximate surface area is 250 Å². The fourth-order valence-corrected chi connectivity index (χ4v) is 8.60. The molecule has 0 bridgehead atoms. The number of hydrogen-bond acceptors (Lipinski definition) is 1. The van der Waals surface area contributed by atoms with Crippen LogP contribution >= 0.6 is 11.8 Å². The Hall–Kier alpha value is -4.85. The van der Waals surface area contributed by atoms with Crippen molar-refractivity contribution in [3.63, 3.8) is 0 Å². The van der Waals surface area contributed by atoms with Crippen LogP contribution in [0.15, 0.2) is 168 Å². The largest absolute Gasteiger partial charge is 0.0888 e. The van der Waals surface area contributed by atoms with Crippen LogP contribution in [0.3, 0.4) is 0 Å². The van der Waals surface area contributed by atoms with Crippen molar-refractivity contribution in [2.45, 2.75) is 15.2 Å². The summed E-state index contributed by atoms with van der Waals surface area (Å²) in [5.74, 6) is 0. The Bertz CT molecular complexity index is 2120. The van der Waals surface area contributed by atoms with Gasteiger partial charge in [0, 0.05) is 15.2 Å². The van der Waals surface area contributed by atoms with Crippen molar-refractivity contribution >= 4 is 22.5 Å². The highest BCUT2D eigenvalue weighted by Crippen LogP contribution is 2.58. The van der Waals surface area contributed by atoms with Crippen LogP contribution in [0.2, 0.25) is 0 Å². The first-order valence-corrected chi connectivity index (χ1v) is 15.3. The van der Waals surface area contributed by atoms with Gasteiger partial charge in [-0.25, -0.2) is 0 Å². The first-order valence-electron chi connectivity index (χ1n) is 14.5. The molecule has 2 aliphatic rings. The zero-order chi connectivity index (χ0) is 27.7. The molecule has 1 heteroatoms. The van der Waals surface area contributed by atoms with E-state index < -0.39 is 5.41 Å². The van der Waals surface area contributed by atoms with Gasteiger partial charge in [0.15, 0.2) is 0 Å². The summed E-state index contributed by atoms with van der Waals surface area (Å²) in [5, 5.41) is 2.67. The van der Waals surface area contributed by atoms with Crippen LogP contribution in [-0.2, 0) is 5.41 Å². The highest BCUT2D eigenvalue weighted by atomic mass is 32.2. The van der Waals surface area contributed by atoms with Gasteiger partial charge >= 0.3 is 0 Å². The molecule has 9 rings (SSSR count). The standard InChI is InChI=1S/C41H26S/c1-2-14-29(15-3-1)41(36-21-8-5-17-31(36)32-18-6-9-22-37(32)41)35-20-7-4-16-30(35)28-24-25-38-34(26-28)33-19-10-12-27-13-11-23-39(42-38)40(27)33/h1-26H. The highest BCUT2D eigenvalue weighted by molar-refractivity contribution is 7.99. The second-order valence-electron chi connectivity index (χ2n) is 11.2. The van der Waals surface area contributed by atoms with Crippen molar-refractivity contribution in [2.24, 2.45) is 0 Å². The third kappa shape index (κ3) is 3.20. The minimum Gasteiger partial charge on any atom is -0.0888 e. The van der Waals surface area contributed by atoms with Gasteiger partial charge in [-0.15, -0.1) is 0 Å². The third-order valence-electron chi connectivity index (χ3n) is 9.16. The summed E-state index contributed by atoms with van der Waals surface area (Å²) in [5.41, 5.74) is 12.7. The molecule has 1 heterocycles. The zero-order valence-corrected chi connectivity index (χ0v) is 23.7. The topological polar surface area (TPSA) is 0 Å². The molecule has 0 nitrogen and oxygen atoms in total. The molecule has 196 valence electrons. The van der Waals surface area contributed by atoms with Crippen molar-refractivity contribution in [3.05, 3.63) is 180 Å². The van der Waals surface area contributed by atoms with E-state index in [1.54, 1.807) is 0 Å². The lowest BCUT2D eigenvalue weighted by molar-refractivity contribution is 0.770. The summed E-state index contributed by atoms with van der Waals surface area (Å²) in [7, 11) is 0. The van der Waals surface area contributed by atoms with Crippen molar-refractivity contribution in [2.75, 3.05) is 0 Å². The molecule has 1 aliphatic heterocycles. The molecule has 0 radical (unpaired) electrons. The Morgan fingerprint density at radius 2 is 0.952 bits per heavy atom. The predicted molar refractivity (Wildman–Crippen MR) is 176 cm³/mol. The van der Waals surface area contributed by atoms with Crippen LogP contribution in [0.4, 0.5) is 0 Å². The monoisotopic (exact) mass is 550 g/mol. The summed E-state index contributed by atoms with van der Waals surface area (Å²) >= 11 is 1.89. The molecule has 42 heavy (non-hydrogen) atoms. The van der Waals surface area contributed by atoms with Crippen LogP contribution in [0.5, 0.6) is 0 Å². The van der Waals surface area contributed by atoms with Gasteiger partial charge in [0.1, 0.15) is 0 Å². The van der Waals surface area contributed by atoms with Crippen LogP contribution < -0.4 is 0 Å². The molecular weight excluding hydrogens is 525 g/mol. The van der Waals surface area contributed by atoms with Gasteiger partial charge < -0.3 is 0 Å². The molecule has 0 spiro atoms. The summed E-state index contributed by atoms with van der Waals surface area (Å²) in [6.07, 6.45) is 0. The van der Waals surface area contributed by atoms with E-state index in [4.69, 9.17) is 0 Å². The number of hydrogen-bond donors (Lipinski definition) is 0. The first kappa shape index (κ1) is 23.8. The fraction of sp³-hybridized carbons (Fsp3) is 0.0244. The summed E-state index contributed by atoms with van der Waals surface area (Å²) in [6.45, 7) is 0. The zero-order valence-electron chi connectivity index (χ0n) is 22.9. The molecule has 7 aromatic rings. The Balaban J connectivity index is 1.34. The molecule has 0 aromatic heterocycles. The van der Waals surface area contributed by atoms with Gasteiger partial charge in [-0.2, -0.15) is 0 Å². The van der Waals surface area contributed by atoms with Crippen LogP contribution in [0.25, 0.3) is 44.2 Å². The quantitative estimate of drug-likeness (QED) is 0.211. The number of fused-ring (bicyclic) bond motifs is 5. The molecule has 1 aliphatic carbocycles. The lowest BCUT2D eigenvalue weighted by atomic mass is 9.66. The molecule has 0 saturated carbocycles. The molecule has 0 atom stereocenters. The minimum atomic E-state index is -0.428. The second-order valence-corrected chi connectivity index (χ2v) is 12.3. The Kier molecular flexibility index (Phi) is 5.15. The van der Waals surface area contributed by atoms with Crippen molar-refractivity contribution in [1.82, 2.24) is 0 Å². The normalized spacial score (nSPS) is 13.8. The van der Waals surface area contributed by atoms with Crippen molar-refractivity contribution < 1.29 is 0 Å². The number of benzene rings is 7. The second kappa shape index (κ2) is 9.08. The fourth-order valence-electron chi connectivity index (χ4n) is 7.47. The van der Waals surface area contributed by atoms with Crippen molar-refractivity contribution in [3.8, 4) is 33.4 Å². The molecular formula is C41H26S. The number of rotatable bonds is 3. The Morgan fingerprint density at radius 3 is 1.67 bits per heavy atom. The molecule has 0 saturated heterocycles. The smallest absolute Gasteiger partial charge is 0.0719 e. The van der Waals surface area contributed by atoms with Crippen LogP contribution in [-0.4, -0.2) is 0 Å². The van der Waals surface area contributed by atoms with Gasteiger partial charge in [-0.3, -0.25) is 0 Å². The van der Waals surface area contributed by atoms with Gasteiger partial charge in [0.05, 0.1) is 5.41 Å². The van der Waals surface area contributed by atoms with Gasteiger partial charge in [0.2, 0.25) is 0 Å². The maximum Gasteiger partial charge on any atom is 0.0719 e. The maximum atomic E-state index is 2.43. The lowest BCUT2D eigenvalue weighted by Gasteiger charge is -2.35. The van der Waals surface area contributed by atoms with Gasteiger partial charge in [-0.1, -0.05) is 151 Å². The SMILES string of the molecule is c1ccc(C2(c3ccccc3-c3ccc4c(c3)-c3cccc5cccc(c35)S4)c3ccccc3-c3ccccc32)cc1. The van der Waals surface area contributed by atoms with E-state index in [1.165, 1.54) is 76.2 Å². The van der Waals surface area contributed by atoms with Crippen LogP contribution in [0.1, 0.15) is 22.3 Å². The average molecular weight is 551 g/mol. The third-order valence-corrected chi connectivity index (χ3v) is 10.3. The first-order chi connectivity index (χ1) is 20.8. The van der Waals surface area contributed by atoms with E-state index in [9.17, 15) is 0 Å². The molecule has 0 unspecified atom stereocenters. The Morgan fingerprint density at radius 1 is 0.381 bits per heavy atom. The summed E-state index contributed by atoms with van der Waals surface area (Å²) in [6, 6.07) is 58.5. The van der Waals surface area contributed by atoms with Gasteiger partial charge in [-0.05, 0) is 79.2 Å². The van der Waals surface area contributed by atoms with Gasteiger partial charge in [0.25, 0.3) is 0 Å². The van der Waals surface area contributed by atoms with E-state index in [-0.39, 0.29) is 0 Å². The molecule has 0 amide bonds. The average Bonchev–Trinajstić information content (AvgIpc) is 3.36. The minimum absolute atomic E-state index is 0.428. The molecule has 0 N–H and O–H groups in total. The van der Waals surface area contributed by atoms with E-state index in [0.29, 0.717) is 0 Å². The van der Waals surface area contributed by atoms with E-state index >= 15 is 0 Å². The van der Waals surface area contributed by atoms with Crippen LogP contribution in [0, 0.1) is 0 Å². The van der Waals surface area contributed by atoms with E-state index in [1.807, 2.05) is 11.8 Å². The maximum absolute atomic E-state index is 2.43. The van der Waals surface area contributed by atoms with Crippen molar-refractivity contribution in [1.29, 1.82) is 0 Å². The lowest BCUT2D eigenvalue weighted by Crippen LogP contribution is -2.29.